The van der Waals surface area contributed by atoms with Gasteiger partial charge in [0.2, 0.25) is 5.88 Å². The topological polar surface area (TPSA) is 75.9 Å². The first-order valence-corrected chi connectivity index (χ1v) is 12.8. The summed E-state index contributed by atoms with van der Waals surface area (Å²) in [5.41, 5.74) is 2.08. The van der Waals surface area contributed by atoms with Crippen LogP contribution in [0.5, 0.6) is 5.88 Å². The Bertz CT molecular complexity index is 1390. The quantitative estimate of drug-likeness (QED) is 0.430. The van der Waals surface area contributed by atoms with Crippen molar-refractivity contribution < 1.29 is 18.7 Å². The molecule has 0 spiro atoms. The van der Waals surface area contributed by atoms with Gasteiger partial charge in [-0.1, -0.05) is 12.1 Å². The molecule has 0 unspecified atom stereocenters. The number of halogens is 1. The lowest BCUT2D eigenvalue weighted by Gasteiger charge is -2.28. The molecule has 1 aliphatic heterocycles. The molecule has 2 aliphatic rings. The third kappa shape index (κ3) is 3.67. The van der Waals surface area contributed by atoms with Crippen molar-refractivity contribution in [3.63, 3.8) is 0 Å². The van der Waals surface area contributed by atoms with Crippen LogP contribution in [0.1, 0.15) is 22.5 Å². The van der Waals surface area contributed by atoms with Crippen molar-refractivity contribution in [1.29, 1.82) is 0 Å². The Kier molecular flexibility index (Phi) is 5.14. The van der Waals surface area contributed by atoms with Gasteiger partial charge in [-0.3, -0.25) is 9.20 Å². The fourth-order valence-electron chi connectivity index (χ4n) is 4.83. The summed E-state index contributed by atoms with van der Waals surface area (Å²) >= 11 is 2.93. The number of hydrogen-bond donors (Lipinski definition) is 1. The van der Waals surface area contributed by atoms with E-state index in [1.807, 2.05) is 27.9 Å². The number of amides is 2. The van der Waals surface area contributed by atoms with Gasteiger partial charge < -0.3 is 15.0 Å². The lowest BCUT2D eigenvalue weighted by Crippen LogP contribution is -2.46. The molecule has 6 rings (SSSR count). The maximum absolute atomic E-state index is 13.5. The van der Waals surface area contributed by atoms with Crippen LogP contribution >= 0.6 is 22.7 Å². The summed E-state index contributed by atoms with van der Waals surface area (Å²) in [6.07, 6.45) is 2.32. The Labute approximate surface area is 202 Å². The standard InChI is InChI=1S/C24H21FN4O3S2/c1-13-22(28-7-9-34-23(28)27-13)32-24(31)26-11-19-18-10-15(18)12-29(19)21(30)17-6-8-33-20(17)14-2-4-16(25)5-3-14/h2-9,15,18-19H,10-12H2,1H3,(H,26,31)/t15-,18-,19+/m0/s1. The highest BCUT2D eigenvalue weighted by atomic mass is 32.1. The summed E-state index contributed by atoms with van der Waals surface area (Å²) in [6.45, 7) is 2.81. The number of piperidine rings is 1. The molecule has 2 amide bonds. The number of aromatic nitrogens is 2. The number of nitrogens with one attached hydrogen (secondary N) is 1. The number of rotatable bonds is 5. The van der Waals surface area contributed by atoms with E-state index in [4.69, 9.17) is 4.74 Å². The fourth-order valence-corrected chi connectivity index (χ4v) is 6.48. The number of benzene rings is 1. The molecule has 3 atom stereocenters. The Morgan fingerprint density at radius 1 is 1.21 bits per heavy atom. The van der Waals surface area contributed by atoms with Gasteiger partial charge in [-0.05, 0) is 54.3 Å². The van der Waals surface area contributed by atoms with E-state index in [0.717, 1.165) is 21.8 Å². The molecule has 1 aliphatic carbocycles. The average Bonchev–Trinajstić information content (AvgIpc) is 3.22. The zero-order valence-electron chi connectivity index (χ0n) is 18.2. The Hall–Kier alpha value is -3.24. The van der Waals surface area contributed by atoms with Crippen LogP contribution in [0.3, 0.4) is 0 Å². The van der Waals surface area contributed by atoms with Crippen LogP contribution in [-0.4, -0.2) is 45.4 Å². The maximum Gasteiger partial charge on any atom is 0.414 e. The fraction of sp³-hybridized carbons (Fsp3) is 0.292. The van der Waals surface area contributed by atoms with Crippen molar-refractivity contribution in [3.8, 4) is 16.3 Å². The highest BCUT2D eigenvalue weighted by molar-refractivity contribution is 7.15. The summed E-state index contributed by atoms with van der Waals surface area (Å²) in [5, 5.41) is 6.62. The number of hydrogen-bond acceptors (Lipinski definition) is 6. The number of fused-ring (bicyclic) bond motifs is 2. The van der Waals surface area contributed by atoms with Gasteiger partial charge in [0.15, 0.2) is 4.96 Å². The molecule has 4 aromatic rings. The van der Waals surface area contributed by atoms with Gasteiger partial charge in [0.05, 0.1) is 11.6 Å². The number of ether oxygens (including phenoxy) is 1. The number of thiazole rings is 1. The minimum Gasteiger partial charge on any atom is -0.391 e. The third-order valence-corrected chi connectivity index (χ3v) is 8.31. The molecule has 7 nitrogen and oxygen atoms in total. The lowest BCUT2D eigenvalue weighted by atomic mass is 10.1. The van der Waals surface area contributed by atoms with E-state index in [2.05, 4.69) is 10.3 Å². The number of carbonyl (C=O) groups excluding carboxylic acids is 2. The molecule has 10 heteroatoms. The average molecular weight is 497 g/mol. The van der Waals surface area contributed by atoms with Crippen molar-refractivity contribution in [1.82, 2.24) is 19.6 Å². The number of carbonyl (C=O) groups is 2. The van der Waals surface area contributed by atoms with Gasteiger partial charge in [0.25, 0.3) is 5.91 Å². The van der Waals surface area contributed by atoms with Crippen molar-refractivity contribution in [2.24, 2.45) is 11.8 Å². The van der Waals surface area contributed by atoms with Crippen molar-refractivity contribution >= 4 is 39.6 Å². The van der Waals surface area contributed by atoms with Gasteiger partial charge in [-0.15, -0.1) is 22.7 Å². The minimum atomic E-state index is -0.560. The van der Waals surface area contributed by atoms with E-state index in [9.17, 15) is 14.0 Å². The molecular formula is C24H21FN4O3S2. The first-order chi connectivity index (χ1) is 16.5. The zero-order chi connectivity index (χ0) is 23.4. The smallest absolute Gasteiger partial charge is 0.391 e. The Morgan fingerprint density at radius 3 is 2.85 bits per heavy atom. The second-order valence-electron chi connectivity index (χ2n) is 8.68. The summed E-state index contributed by atoms with van der Waals surface area (Å²) in [4.78, 5) is 33.9. The number of likely N-dealkylation sites (tertiary alicyclic amines) is 1. The number of thiophene rings is 1. The summed E-state index contributed by atoms with van der Waals surface area (Å²) in [7, 11) is 0. The van der Waals surface area contributed by atoms with E-state index in [0.29, 0.717) is 42.1 Å². The van der Waals surface area contributed by atoms with Gasteiger partial charge in [-0.25, -0.2) is 14.2 Å². The van der Waals surface area contributed by atoms with Gasteiger partial charge >= 0.3 is 6.09 Å². The van der Waals surface area contributed by atoms with Gasteiger partial charge in [0, 0.05) is 29.5 Å². The van der Waals surface area contributed by atoms with Crippen molar-refractivity contribution in [3.05, 3.63) is 64.4 Å². The number of imidazole rings is 1. The second kappa shape index (κ2) is 8.21. The molecule has 1 N–H and O–H groups in total. The molecule has 0 bridgehead atoms. The number of aryl methyl sites for hydroxylation is 1. The molecule has 1 saturated carbocycles. The normalized spacial score (nSPS) is 21.0. The lowest BCUT2D eigenvalue weighted by molar-refractivity contribution is 0.0705. The van der Waals surface area contributed by atoms with E-state index in [-0.39, 0.29) is 17.8 Å². The minimum absolute atomic E-state index is 0.0560. The monoisotopic (exact) mass is 496 g/mol. The van der Waals surface area contributed by atoms with Crippen molar-refractivity contribution in [2.45, 2.75) is 19.4 Å². The predicted octanol–water partition coefficient (Wildman–Crippen LogP) is 4.82. The Balaban J connectivity index is 1.16. The van der Waals surface area contributed by atoms with E-state index in [1.54, 1.807) is 23.5 Å². The molecule has 174 valence electrons. The second-order valence-corrected chi connectivity index (χ2v) is 10.5. The van der Waals surface area contributed by atoms with Gasteiger partial charge in [0.1, 0.15) is 11.5 Å². The zero-order valence-corrected chi connectivity index (χ0v) is 19.9. The summed E-state index contributed by atoms with van der Waals surface area (Å²) < 4.78 is 20.7. The molecule has 1 aromatic carbocycles. The van der Waals surface area contributed by atoms with Crippen LogP contribution in [0.25, 0.3) is 15.4 Å². The first-order valence-electron chi connectivity index (χ1n) is 11.0. The highest BCUT2D eigenvalue weighted by Gasteiger charge is 2.54. The molecule has 3 aromatic heterocycles. The molecular weight excluding hydrogens is 475 g/mol. The summed E-state index contributed by atoms with van der Waals surface area (Å²) in [6, 6.07) is 7.92. The molecule has 4 heterocycles. The van der Waals surface area contributed by atoms with Gasteiger partial charge in [-0.2, -0.15) is 0 Å². The van der Waals surface area contributed by atoms with Crippen LogP contribution in [0.2, 0.25) is 0 Å². The third-order valence-electron chi connectivity index (χ3n) is 6.59. The number of nitrogens with zero attached hydrogens (tertiary/aromatic N) is 3. The van der Waals surface area contributed by atoms with Crippen LogP contribution < -0.4 is 10.1 Å². The largest absolute Gasteiger partial charge is 0.414 e. The van der Waals surface area contributed by atoms with Crippen molar-refractivity contribution in [2.75, 3.05) is 13.1 Å². The SMILES string of the molecule is Cc1nc2sccn2c1OC(=O)NC[C@@H]1[C@H]2C[C@H]2CN1C(=O)c1ccsc1-c1ccc(F)cc1. The summed E-state index contributed by atoms with van der Waals surface area (Å²) in [5.74, 6) is 0.899. The predicted molar refractivity (Wildman–Crippen MR) is 128 cm³/mol. The van der Waals surface area contributed by atoms with E-state index < -0.39 is 6.09 Å². The van der Waals surface area contributed by atoms with Crippen LogP contribution in [0, 0.1) is 24.6 Å². The van der Waals surface area contributed by atoms with Crippen LogP contribution in [-0.2, 0) is 0 Å². The van der Waals surface area contributed by atoms with Crippen LogP contribution in [0.15, 0.2) is 47.3 Å². The van der Waals surface area contributed by atoms with E-state index in [1.165, 1.54) is 34.8 Å². The molecule has 2 fully saturated rings. The Morgan fingerprint density at radius 2 is 2.03 bits per heavy atom. The van der Waals surface area contributed by atoms with E-state index >= 15 is 0 Å². The maximum atomic E-state index is 13.5. The van der Waals surface area contributed by atoms with Crippen LogP contribution in [0.4, 0.5) is 9.18 Å². The molecule has 34 heavy (non-hydrogen) atoms. The molecule has 0 radical (unpaired) electrons. The molecule has 1 saturated heterocycles. The first kappa shape index (κ1) is 21.3. The highest BCUT2D eigenvalue weighted by Crippen LogP contribution is 2.50.